The molecule has 0 unspecified atom stereocenters. The van der Waals surface area contributed by atoms with Crippen molar-refractivity contribution in [2.24, 2.45) is 0 Å². The van der Waals surface area contributed by atoms with Crippen LogP contribution in [0.15, 0.2) is 34.7 Å². The quantitative estimate of drug-likeness (QED) is 0.870. The fourth-order valence-corrected chi connectivity index (χ4v) is 1.78. The molecule has 2 N–H and O–H groups in total. The Labute approximate surface area is 109 Å². The fourth-order valence-electron chi connectivity index (χ4n) is 1.78. The van der Waals surface area contributed by atoms with Crippen LogP contribution in [0.1, 0.15) is 27.4 Å². The Bertz CT molecular complexity index is 575. The van der Waals surface area contributed by atoms with Gasteiger partial charge in [-0.2, -0.15) is 0 Å². The number of halogens is 1. The minimum atomic E-state index is -0.994. The fraction of sp³-hybridized carbons (Fsp3) is 0.214. The van der Waals surface area contributed by atoms with E-state index in [0.717, 1.165) is 5.56 Å². The first-order valence-corrected chi connectivity index (χ1v) is 5.84. The van der Waals surface area contributed by atoms with Crippen LogP contribution in [0.4, 0.5) is 4.39 Å². The van der Waals surface area contributed by atoms with E-state index in [9.17, 15) is 9.18 Å². The highest BCUT2D eigenvalue weighted by Gasteiger charge is 2.13. The van der Waals surface area contributed by atoms with Gasteiger partial charge in [0.25, 0.3) is 0 Å². The third-order valence-corrected chi connectivity index (χ3v) is 2.74. The maximum Gasteiger partial charge on any atom is 0.339 e. The van der Waals surface area contributed by atoms with Gasteiger partial charge in [-0.15, -0.1) is 0 Å². The summed E-state index contributed by atoms with van der Waals surface area (Å²) in [5.41, 5.74) is 1.13. The molecule has 0 aliphatic heterocycles. The Hall–Kier alpha value is -2.14. The third kappa shape index (κ3) is 3.42. The van der Waals surface area contributed by atoms with E-state index in [4.69, 9.17) is 9.52 Å². The van der Waals surface area contributed by atoms with Crippen molar-refractivity contribution in [2.45, 2.75) is 20.0 Å². The molecule has 0 bridgehead atoms. The monoisotopic (exact) mass is 263 g/mol. The Balaban J connectivity index is 1.90. The maximum atomic E-state index is 12.7. The molecule has 1 heterocycles. The van der Waals surface area contributed by atoms with Crippen LogP contribution in [0, 0.1) is 12.7 Å². The number of hydrogen-bond acceptors (Lipinski definition) is 3. The van der Waals surface area contributed by atoms with Gasteiger partial charge in [0.15, 0.2) is 0 Å². The maximum absolute atomic E-state index is 12.7. The van der Waals surface area contributed by atoms with Crippen molar-refractivity contribution in [1.29, 1.82) is 0 Å². The molecule has 19 heavy (non-hydrogen) atoms. The summed E-state index contributed by atoms with van der Waals surface area (Å²) >= 11 is 0. The average molecular weight is 263 g/mol. The zero-order valence-electron chi connectivity index (χ0n) is 10.4. The lowest BCUT2D eigenvalue weighted by Gasteiger charge is -2.02. The highest BCUT2D eigenvalue weighted by molar-refractivity contribution is 5.88. The number of carboxylic acids is 1. The average Bonchev–Trinajstić information content (AvgIpc) is 2.73. The summed E-state index contributed by atoms with van der Waals surface area (Å²) in [7, 11) is 0. The summed E-state index contributed by atoms with van der Waals surface area (Å²) in [6.07, 6.45) is 0. The van der Waals surface area contributed by atoms with Crippen molar-refractivity contribution in [1.82, 2.24) is 5.32 Å². The molecule has 100 valence electrons. The SMILES string of the molecule is Cc1oc(CNCc2ccc(F)cc2)cc1C(=O)O. The van der Waals surface area contributed by atoms with Crippen molar-refractivity contribution in [2.75, 3.05) is 0 Å². The molecule has 0 saturated heterocycles. The largest absolute Gasteiger partial charge is 0.478 e. The Morgan fingerprint density at radius 1 is 1.32 bits per heavy atom. The van der Waals surface area contributed by atoms with E-state index >= 15 is 0 Å². The minimum Gasteiger partial charge on any atom is -0.478 e. The van der Waals surface area contributed by atoms with Gasteiger partial charge in [0, 0.05) is 6.54 Å². The molecule has 0 saturated carbocycles. The van der Waals surface area contributed by atoms with Gasteiger partial charge in [-0.1, -0.05) is 12.1 Å². The van der Waals surface area contributed by atoms with Crippen molar-refractivity contribution >= 4 is 5.97 Å². The van der Waals surface area contributed by atoms with E-state index in [-0.39, 0.29) is 11.4 Å². The van der Waals surface area contributed by atoms with Crippen LogP contribution in [-0.4, -0.2) is 11.1 Å². The van der Waals surface area contributed by atoms with Crippen LogP contribution in [0.25, 0.3) is 0 Å². The number of furan rings is 1. The minimum absolute atomic E-state index is 0.179. The molecule has 4 nitrogen and oxygen atoms in total. The second-order valence-electron chi connectivity index (χ2n) is 4.22. The van der Waals surface area contributed by atoms with Crippen LogP contribution < -0.4 is 5.32 Å². The lowest BCUT2D eigenvalue weighted by atomic mass is 10.2. The summed E-state index contributed by atoms with van der Waals surface area (Å²) in [4.78, 5) is 10.8. The van der Waals surface area contributed by atoms with Crippen LogP contribution >= 0.6 is 0 Å². The van der Waals surface area contributed by atoms with Crippen LogP contribution in [-0.2, 0) is 13.1 Å². The van der Waals surface area contributed by atoms with E-state index in [1.54, 1.807) is 19.1 Å². The lowest BCUT2D eigenvalue weighted by molar-refractivity contribution is 0.0695. The first kappa shape index (κ1) is 13.3. The van der Waals surface area contributed by atoms with E-state index in [1.807, 2.05) is 0 Å². The van der Waals surface area contributed by atoms with Crippen LogP contribution in [0.5, 0.6) is 0 Å². The van der Waals surface area contributed by atoms with Gasteiger partial charge in [0.05, 0.1) is 6.54 Å². The van der Waals surface area contributed by atoms with Crippen molar-refractivity contribution < 1.29 is 18.7 Å². The van der Waals surface area contributed by atoms with Crippen molar-refractivity contribution in [3.8, 4) is 0 Å². The third-order valence-electron chi connectivity index (χ3n) is 2.74. The number of benzene rings is 1. The Morgan fingerprint density at radius 2 is 2.00 bits per heavy atom. The lowest BCUT2D eigenvalue weighted by Crippen LogP contribution is -2.12. The predicted molar refractivity (Wildman–Crippen MR) is 67.3 cm³/mol. The zero-order valence-corrected chi connectivity index (χ0v) is 10.4. The molecule has 0 fully saturated rings. The van der Waals surface area contributed by atoms with E-state index in [1.165, 1.54) is 18.2 Å². The summed E-state index contributed by atoms with van der Waals surface area (Å²) < 4.78 is 18.0. The predicted octanol–water partition coefficient (Wildman–Crippen LogP) is 2.72. The molecular weight excluding hydrogens is 249 g/mol. The first-order chi connectivity index (χ1) is 9.06. The molecule has 0 aliphatic carbocycles. The Morgan fingerprint density at radius 3 is 2.58 bits per heavy atom. The Kier molecular flexibility index (Phi) is 3.97. The number of aromatic carboxylic acids is 1. The van der Waals surface area contributed by atoms with Gasteiger partial charge in [-0.05, 0) is 30.7 Å². The second-order valence-corrected chi connectivity index (χ2v) is 4.22. The molecule has 2 rings (SSSR count). The highest BCUT2D eigenvalue weighted by Crippen LogP contribution is 2.14. The van der Waals surface area contributed by atoms with Crippen LogP contribution in [0.2, 0.25) is 0 Å². The molecule has 0 atom stereocenters. The molecule has 0 aliphatic rings. The second kappa shape index (κ2) is 5.67. The molecule has 1 aromatic heterocycles. The number of carboxylic acid groups (broad SMARTS) is 1. The number of nitrogens with one attached hydrogen (secondary N) is 1. The molecular formula is C14H14FNO3. The van der Waals surface area contributed by atoms with Crippen molar-refractivity contribution in [3.63, 3.8) is 0 Å². The van der Waals surface area contributed by atoms with Gasteiger partial charge in [0.2, 0.25) is 0 Å². The molecule has 1 aromatic carbocycles. The normalized spacial score (nSPS) is 10.6. The number of carbonyl (C=O) groups is 1. The molecule has 0 amide bonds. The van der Waals surface area contributed by atoms with E-state index < -0.39 is 5.97 Å². The molecule has 2 aromatic rings. The molecule has 0 radical (unpaired) electrons. The van der Waals surface area contributed by atoms with E-state index in [2.05, 4.69) is 5.32 Å². The number of hydrogen-bond donors (Lipinski definition) is 2. The topological polar surface area (TPSA) is 62.5 Å². The molecule has 5 heteroatoms. The number of aryl methyl sites for hydroxylation is 1. The molecule has 0 spiro atoms. The summed E-state index contributed by atoms with van der Waals surface area (Å²) in [5.74, 6) is -0.300. The van der Waals surface area contributed by atoms with Crippen LogP contribution in [0.3, 0.4) is 0 Å². The number of rotatable bonds is 5. The van der Waals surface area contributed by atoms with Gasteiger partial charge in [-0.25, -0.2) is 9.18 Å². The van der Waals surface area contributed by atoms with Gasteiger partial charge in [0.1, 0.15) is 22.9 Å². The standard InChI is InChI=1S/C14H14FNO3/c1-9-13(14(17)18)6-12(19-9)8-16-7-10-2-4-11(15)5-3-10/h2-6,16H,7-8H2,1H3,(H,17,18). The highest BCUT2D eigenvalue weighted by atomic mass is 19.1. The van der Waals surface area contributed by atoms with Gasteiger partial charge >= 0.3 is 5.97 Å². The smallest absolute Gasteiger partial charge is 0.339 e. The van der Waals surface area contributed by atoms with E-state index in [0.29, 0.717) is 24.6 Å². The zero-order chi connectivity index (χ0) is 13.8. The summed E-state index contributed by atoms with van der Waals surface area (Å²) in [6, 6.07) is 7.69. The summed E-state index contributed by atoms with van der Waals surface area (Å²) in [5, 5.41) is 12.0. The van der Waals surface area contributed by atoms with Gasteiger partial charge in [-0.3, -0.25) is 0 Å². The summed E-state index contributed by atoms with van der Waals surface area (Å²) in [6.45, 7) is 2.60. The van der Waals surface area contributed by atoms with Gasteiger partial charge < -0.3 is 14.8 Å². The van der Waals surface area contributed by atoms with Crippen molar-refractivity contribution in [3.05, 3.63) is 58.8 Å². The first-order valence-electron chi connectivity index (χ1n) is 5.84.